The molecule has 1 heterocycles. The molecule has 0 saturated carbocycles. The van der Waals surface area contributed by atoms with Gasteiger partial charge in [-0.25, -0.2) is 4.39 Å². The predicted octanol–water partition coefficient (Wildman–Crippen LogP) is 3.13. The van der Waals surface area contributed by atoms with Crippen molar-refractivity contribution in [2.24, 2.45) is 0 Å². The fraction of sp³-hybridized carbons (Fsp3) is 0.214. The molecule has 2 aromatic rings. The van der Waals surface area contributed by atoms with Crippen LogP contribution in [0.3, 0.4) is 0 Å². The third-order valence-corrected chi connectivity index (χ3v) is 3.13. The van der Waals surface area contributed by atoms with Gasteiger partial charge in [-0.1, -0.05) is 22.0 Å². The van der Waals surface area contributed by atoms with Crippen LogP contribution in [-0.2, 0) is 12.8 Å². The van der Waals surface area contributed by atoms with Crippen LogP contribution in [0.1, 0.15) is 11.3 Å². The average Bonchev–Trinajstić information content (AvgIpc) is 2.35. The van der Waals surface area contributed by atoms with Crippen molar-refractivity contribution >= 4 is 15.9 Å². The molecule has 0 aliphatic rings. The number of halogens is 2. The fourth-order valence-corrected chi connectivity index (χ4v) is 2.19. The van der Waals surface area contributed by atoms with Gasteiger partial charge < -0.3 is 5.11 Å². The van der Waals surface area contributed by atoms with Crippen molar-refractivity contribution in [3.05, 3.63) is 64.1 Å². The van der Waals surface area contributed by atoms with Crippen LogP contribution < -0.4 is 0 Å². The summed E-state index contributed by atoms with van der Waals surface area (Å²) in [6.07, 6.45) is 1.75. The molecular formula is C14H13BrFNO. The van der Waals surface area contributed by atoms with Crippen molar-refractivity contribution in [3.63, 3.8) is 0 Å². The van der Waals surface area contributed by atoms with Gasteiger partial charge in [0.25, 0.3) is 0 Å². The molecule has 2 nitrogen and oxygen atoms in total. The van der Waals surface area contributed by atoms with Gasteiger partial charge in [0.1, 0.15) is 5.82 Å². The summed E-state index contributed by atoms with van der Waals surface area (Å²) in [5.41, 5.74) is 1.31. The zero-order valence-corrected chi connectivity index (χ0v) is 11.3. The quantitative estimate of drug-likeness (QED) is 0.941. The van der Waals surface area contributed by atoms with Crippen molar-refractivity contribution in [1.29, 1.82) is 0 Å². The summed E-state index contributed by atoms with van der Waals surface area (Å²) >= 11 is 3.29. The van der Waals surface area contributed by atoms with Crippen molar-refractivity contribution in [3.8, 4) is 0 Å². The molecule has 0 saturated heterocycles. The summed E-state index contributed by atoms with van der Waals surface area (Å²) < 4.78 is 14.3. The fourth-order valence-electron chi connectivity index (χ4n) is 1.79. The highest BCUT2D eigenvalue weighted by molar-refractivity contribution is 9.10. The van der Waals surface area contributed by atoms with Crippen LogP contribution in [0, 0.1) is 5.82 Å². The Hall–Kier alpha value is -1.26. The van der Waals surface area contributed by atoms with Crippen LogP contribution in [0.2, 0.25) is 0 Å². The molecule has 1 atom stereocenters. The van der Waals surface area contributed by atoms with Crippen molar-refractivity contribution in [2.75, 3.05) is 0 Å². The first-order valence-corrected chi connectivity index (χ1v) is 6.46. The minimum Gasteiger partial charge on any atom is -0.392 e. The second-order valence-corrected chi connectivity index (χ2v) is 5.03. The molecular weight excluding hydrogens is 297 g/mol. The molecule has 2 rings (SSSR count). The van der Waals surface area contributed by atoms with Crippen LogP contribution in [0.15, 0.2) is 47.1 Å². The third-order valence-electron chi connectivity index (χ3n) is 2.63. The lowest BCUT2D eigenvalue weighted by Gasteiger charge is -2.11. The maximum atomic E-state index is 13.5. The van der Waals surface area contributed by atoms with Gasteiger partial charge in [0.15, 0.2) is 0 Å². The molecule has 94 valence electrons. The second kappa shape index (κ2) is 6.07. The van der Waals surface area contributed by atoms with E-state index in [9.17, 15) is 9.50 Å². The van der Waals surface area contributed by atoms with Gasteiger partial charge in [-0.15, -0.1) is 0 Å². The summed E-state index contributed by atoms with van der Waals surface area (Å²) in [5, 5.41) is 9.95. The number of nitrogens with zero attached hydrogens (tertiary/aromatic N) is 1. The zero-order chi connectivity index (χ0) is 13.0. The van der Waals surface area contributed by atoms with E-state index in [2.05, 4.69) is 20.9 Å². The van der Waals surface area contributed by atoms with E-state index in [1.54, 1.807) is 18.3 Å². The molecule has 0 aliphatic heterocycles. The first kappa shape index (κ1) is 13.2. The van der Waals surface area contributed by atoms with Gasteiger partial charge in [-0.05, 0) is 35.9 Å². The largest absolute Gasteiger partial charge is 0.392 e. The zero-order valence-electron chi connectivity index (χ0n) is 9.68. The van der Waals surface area contributed by atoms with E-state index < -0.39 is 6.10 Å². The normalized spacial score (nSPS) is 12.4. The number of rotatable bonds is 4. The van der Waals surface area contributed by atoms with E-state index in [0.29, 0.717) is 12.0 Å². The molecule has 1 N–H and O–H groups in total. The lowest BCUT2D eigenvalue weighted by molar-refractivity contribution is 0.173. The number of aliphatic hydroxyl groups is 1. The van der Waals surface area contributed by atoms with Gasteiger partial charge in [0.2, 0.25) is 0 Å². The summed E-state index contributed by atoms with van der Waals surface area (Å²) in [7, 11) is 0. The first-order valence-electron chi connectivity index (χ1n) is 5.67. The molecule has 0 amide bonds. The van der Waals surface area contributed by atoms with E-state index in [1.807, 2.05) is 18.2 Å². The predicted molar refractivity (Wildman–Crippen MR) is 71.8 cm³/mol. The Morgan fingerprint density at radius 3 is 2.78 bits per heavy atom. The van der Waals surface area contributed by atoms with Crippen molar-refractivity contribution < 1.29 is 9.50 Å². The van der Waals surface area contributed by atoms with E-state index in [0.717, 1.165) is 10.2 Å². The number of pyridine rings is 1. The molecule has 1 aromatic carbocycles. The monoisotopic (exact) mass is 309 g/mol. The summed E-state index contributed by atoms with van der Waals surface area (Å²) in [5.74, 6) is -0.293. The number of aliphatic hydroxyl groups excluding tert-OH is 1. The summed E-state index contributed by atoms with van der Waals surface area (Å²) in [4.78, 5) is 4.14. The third kappa shape index (κ3) is 3.62. The van der Waals surface area contributed by atoms with Crippen LogP contribution in [0.25, 0.3) is 0 Å². The molecule has 1 unspecified atom stereocenters. The topological polar surface area (TPSA) is 33.1 Å². The second-order valence-electron chi connectivity index (χ2n) is 4.12. The number of aromatic nitrogens is 1. The summed E-state index contributed by atoms with van der Waals surface area (Å²) in [6, 6.07) is 10.3. The lowest BCUT2D eigenvalue weighted by atomic mass is 10.0. The Balaban J connectivity index is 2.03. The Bertz CT molecular complexity index is 518. The standard InChI is InChI=1S/C14H13BrFNO/c15-11-4-5-14(16)10(7-11)8-13(18)9-12-3-1-2-6-17-12/h1-7,13,18H,8-9H2. The average molecular weight is 310 g/mol. The van der Waals surface area contributed by atoms with Crippen LogP contribution in [0.5, 0.6) is 0 Å². The van der Waals surface area contributed by atoms with Crippen molar-refractivity contribution in [2.45, 2.75) is 18.9 Å². The highest BCUT2D eigenvalue weighted by Crippen LogP contribution is 2.17. The highest BCUT2D eigenvalue weighted by atomic mass is 79.9. The van der Waals surface area contributed by atoms with E-state index in [4.69, 9.17) is 0 Å². The van der Waals surface area contributed by atoms with Crippen molar-refractivity contribution in [1.82, 2.24) is 4.98 Å². The molecule has 0 aliphatic carbocycles. The lowest BCUT2D eigenvalue weighted by Crippen LogP contribution is -2.15. The molecule has 0 radical (unpaired) electrons. The number of hydrogen-bond donors (Lipinski definition) is 1. The molecule has 0 fully saturated rings. The van der Waals surface area contributed by atoms with Crippen LogP contribution in [0.4, 0.5) is 4.39 Å². The SMILES string of the molecule is OC(Cc1ccccn1)Cc1cc(Br)ccc1F. The summed E-state index contributed by atoms with van der Waals surface area (Å²) in [6.45, 7) is 0. The molecule has 4 heteroatoms. The maximum absolute atomic E-state index is 13.5. The smallest absolute Gasteiger partial charge is 0.126 e. The Morgan fingerprint density at radius 1 is 1.22 bits per heavy atom. The molecule has 0 bridgehead atoms. The number of benzene rings is 1. The molecule has 18 heavy (non-hydrogen) atoms. The van der Waals surface area contributed by atoms with Gasteiger partial charge >= 0.3 is 0 Å². The maximum Gasteiger partial charge on any atom is 0.126 e. The highest BCUT2D eigenvalue weighted by Gasteiger charge is 2.11. The van der Waals surface area contributed by atoms with Gasteiger partial charge in [-0.3, -0.25) is 4.98 Å². The van der Waals surface area contributed by atoms with Gasteiger partial charge in [-0.2, -0.15) is 0 Å². The Kier molecular flexibility index (Phi) is 4.44. The molecule has 1 aromatic heterocycles. The minimum atomic E-state index is -0.635. The van der Waals surface area contributed by atoms with E-state index in [-0.39, 0.29) is 12.2 Å². The molecule has 0 spiro atoms. The van der Waals surface area contributed by atoms with Crippen LogP contribution in [-0.4, -0.2) is 16.2 Å². The number of hydrogen-bond acceptors (Lipinski definition) is 2. The Labute approximate surface area is 114 Å². The Morgan fingerprint density at radius 2 is 2.06 bits per heavy atom. The van der Waals surface area contributed by atoms with E-state index in [1.165, 1.54) is 6.07 Å². The minimum absolute atomic E-state index is 0.280. The van der Waals surface area contributed by atoms with Gasteiger partial charge in [0.05, 0.1) is 6.10 Å². The first-order chi connectivity index (χ1) is 8.65. The van der Waals surface area contributed by atoms with Gasteiger partial charge in [0, 0.05) is 29.2 Å². The van der Waals surface area contributed by atoms with E-state index >= 15 is 0 Å². The van der Waals surface area contributed by atoms with Crippen LogP contribution >= 0.6 is 15.9 Å².